The maximum absolute atomic E-state index is 11.9. The lowest BCUT2D eigenvalue weighted by Gasteiger charge is -2.32. The lowest BCUT2D eigenvalue weighted by molar-refractivity contribution is -0.127. The molecule has 0 N–H and O–H groups in total. The van der Waals surface area contributed by atoms with Gasteiger partial charge in [-0.15, -0.1) is 0 Å². The van der Waals surface area contributed by atoms with Gasteiger partial charge in [0.05, 0.1) is 0 Å². The third-order valence-corrected chi connectivity index (χ3v) is 4.37. The number of carbonyl (C=O) groups excluding carboxylic acids is 2. The van der Waals surface area contributed by atoms with Crippen LogP contribution in [0.2, 0.25) is 0 Å². The second-order valence-corrected chi connectivity index (χ2v) is 5.48. The standard InChI is InChI=1S/C14H16N2O2/c1-14-7-12(18)16(3)13(14)15(2)11-5-4-9(8-17)6-10(11)14/h4-6,8,13H,7H2,1-3H3/t13-,14-/m0/s1. The molecule has 0 aromatic heterocycles. The number of carbonyl (C=O) groups is 2. The van der Waals surface area contributed by atoms with E-state index in [1.54, 1.807) is 4.90 Å². The van der Waals surface area contributed by atoms with E-state index >= 15 is 0 Å². The maximum Gasteiger partial charge on any atom is 0.225 e. The van der Waals surface area contributed by atoms with Crippen molar-refractivity contribution in [3.63, 3.8) is 0 Å². The molecule has 1 saturated heterocycles. The topological polar surface area (TPSA) is 40.6 Å². The summed E-state index contributed by atoms with van der Waals surface area (Å²) < 4.78 is 0. The molecular formula is C14H16N2O2. The first-order chi connectivity index (χ1) is 8.49. The molecule has 0 saturated carbocycles. The molecule has 0 spiro atoms. The Hall–Kier alpha value is -1.84. The van der Waals surface area contributed by atoms with Crippen molar-refractivity contribution >= 4 is 17.9 Å². The molecule has 4 heteroatoms. The lowest BCUT2D eigenvalue weighted by Crippen LogP contribution is -2.46. The average Bonchev–Trinajstić information content (AvgIpc) is 2.71. The highest BCUT2D eigenvalue weighted by molar-refractivity contribution is 5.86. The Morgan fingerprint density at radius 2 is 2.06 bits per heavy atom. The van der Waals surface area contributed by atoms with Gasteiger partial charge in [0, 0.05) is 37.2 Å². The summed E-state index contributed by atoms with van der Waals surface area (Å²) in [6.07, 6.45) is 1.42. The van der Waals surface area contributed by atoms with Crippen molar-refractivity contribution in [2.24, 2.45) is 0 Å². The van der Waals surface area contributed by atoms with E-state index in [9.17, 15) is 9.59 Å². The third-order valence-electron chi connectivity index (χ3n) is 4.37. The molecule has 1 aromatic carbocycles. The molecule has 4 nitrogen and oxygen atoms in total. The number of hydrogen-bond acceptors (Lipinski definition) is 3. The van der Waals surface area contributed by atoms with E-state index in [1.165, 1.54) is 0 Å². The molecule has 0 radical (unpaired) electrons. The number of aldehydes is 1. The van der Waals surface area contributed by atoms with Crippen molar-refractivity contribution < 1.29 is 9.59 Å². The zero-order valence-corrected chi connectivity index (χ0v) is 10.8. The van der Waals surface area contributed by atoms with Gasteiger partial charge in [0.25, 0.3) is 0 Å². The van der Waals surface area contributed by atoms with Gasteiger partial charge in [0.1, 0.15) is 12.5 Å². The van der Waals surface area contributed by atoms with Gasteiger partial charge < -0.3 is 9.80 Å². The number of likely N-dealkylation sites (N-methyl/N-ethyl adjacent to an activating group) is 2. The minimum Gasteiger partial charge on any atom is -0.353 e. The third kappa shape index (κ3) is 1.15. The molecule has 0 bridgehead atoms. The minimum atomic E-state index is -0.213. The SMILES string of the molecule is CN1C(=O)C[C@@]2(C)c3cc(C=O)ccc3N(C)[C@@H]12. The predicted molar refractivity (Wildman–Crippen MR) is 68.8 cm³/mol. The summed E-state index contributed by atoms with van der Waals surface area (Å²) in [5.74, 6) is 0.163. The van der Waals surface area contributed by atoms with Crippen LogP contribution >= 0.6 is 0 Å². The van der Waals surface area contributed by atoms with E-state index in [4.69, 9.17) is 0 Å². The quantitative estimate of drug-likeness (QED) is 0.701. The molecule has 1 aromatic rings. The second kappa shape index (κ2) is 3.34. The largest absolute Gasteiger partial charge is 0.353 e. The molecule has 1 fully saturated rings. The molecule has 2 heterocycles. The number of benzene rings is 1. The van der Waals surface area contributed by atoms with Crippen molar-refractivity contribution in [3.8, 4) is 0 Å². The number of amides is 1. The Labute approximate surface area is 106 Å². The lowest BCUT2D eigenvalue weighted by atomic mass is 9.81. The monoisotopic (exact) mass is 244 g/mol. The molecule has 1 amide bonds. The van der Waals surface area contributed by atoms with Crippen LogP contribution in [0, 0.1) is 0 Å². The Balaban J connectivity index is 2.21. The number of anilines is 1. The van der Waals surface area contributed by atoms with E-state index in [-0.39, 0.29) is 17.5 Å². The van der Waals surface area contributed by atoms with E-state index in [2.05, 4.69) is 11.8 Å². The summed E-state index contributed by atoms with van der Waals surface area (Å²) in [5, 5.41) is 0. The van der Waals surface area contributed by atoms with Crippen LogP contribution in [0.3, 0.4) is 0 Å². The summed E-state index contributed by atoms with van der Waals surface area (Å²) in [7, 11) is 3.85. The number of likely N-dealkylation sites (tertiary alicyclic amines) is 1. The van der Waals surface area contributed by atoms with Crippen LogP contribution in [0.5, 0.6) is 0 Å². The first-order valence-corrected chi connectivity index (χ1v) is 6.07. The van der Waals surface area contributed by atoms with E-state index in [1.807, 2.05) is 32.3 Å². The van der Waals surface area contributed by atoms with Crippen molar-refractivity contribution in [2.45, 2.75) is 24.9 Å². The van der Waals surface area contributed by atoms with Crippen LogP contribution in [-0.4, -0.2) is 37.4 Å². The molecule has 2 atom stereocenters. The fraction of sp³-hybridized carbons (Fsp3) is 0.429. The van der Waals surface area contributed by atoms with Gasteiger partial charge in [0.2, 0.25) is 5.91 Å². The van der Waals surface area contributed by atoms with Crippen LogP contribution in [0.15, 0.2) is 18.2 Å². The van der Waals surface area contributed by atoms with Crippen LogP contribution in [0.1, 0.15) is 29.3 Å². The highest BCUT2D eigenvalue weighted by Gasteiger charge is 2.55. The van der Waals surface area contributed by atoms with Gasteiger partial charge in [0.15, 0.2) is 0 Å². The van der Waals surface area contributed by atoms with Gasteiger partial charge in [-0.1, -0.05) is 6.92 Å². The first-order valence-electron chi connectivity index (χ1n) is 6.07. The molecule has 94 valence electrons. The van der Waals surface area contributed by atoms with E-state index in [0.29, 0.717) is 12.0 Å². The fourth-order valence-corrected chi connectivity index (χ4v) is 3.54. The van der Waals surface area contributed by atoms with Gasteiger partial charge in [-0.3, -0.25) is 9.59 Å². The highest BCUT2D eigenvalue weighted by Crippen LogP contribution is 2.51. The van der Waals surface area contributed by atoms with Crippen molar-refractivity contribution in [1.82, 2.24) is 4.90 Å². The number of nitrogens with zero attached hydrogens (tertiary/aromatic N) is 2. The van der Waals surface area contributed by atoms with Crippen molar-refractivity contribution in [1.29, 1.82) is 0 Å². The van der Waals surface area contributed by atoms with Gasteiger partial charge in [-0.2, -0.15) is 0 Å². The van der Waals surface area contributed by atoms with Crippen molar-refractivity contribution in [3.05, 3.63) is 29.3 Å². The van der Waals surface area contributed by atoms with Gasteiger partial charge in [-0.05, 0) is 23.8 Å². The van der Waals surface area contributed by atoms with Gasteiger partial charge >= 0.3 is 0 Å². The van der Waals surface area contributed by atoms with Crippen LogP contribution in [0.4, 0.5) is 5.69 Å². The minimum absolute atomic E-state index is 0.0573. The van der Waals surface area contributed by atoms with E-state index < -0.39 is 0 Å². The van der Waals surface area contributed by atoms with E-state index in [0.717, 1.165) is 17.5 Å². The summed E-state index contributed by atoms with van der Waals surface area (Å²) in [4.78, 5) is 26.8. The maximum atomic E-state index is 11.9. The molecule has 3 rings (SSSR count). The Bertz CT molecular complexity index is 555. The van der Waals surface area contributed by atoms with Crippen LogP contribution in [0.25, 0.3) is 0 Å². The molecule has 2 aliphatic rings. The van der Waals surface area contributed by atoms with Crippen LogP contribution < -0.4 is 4.90 Å². The number of fused-ring (bicyclic) bond motifs is 3. The zero-order valence-electron chi connectivity index (χ0n) is 10.8. The molecule has 0 unspecified atom stereocenters. The average molecular weight is 244 g/mol. The summed E-state index contributed by atoms with van der Waals surface area (Å²) in [6.45, 7) is 2.11. The highest BCUT2D eigenvalue weighted by atomic mass is 16.2. The molecule has 0 aliphatic carbocycles. The second-order valence-electron chi connectivity index (χ2n) is 5.48. The predicted octanol–water partition coefficient (Wildman–Crippen LogP) is 1.39. The summed E-state index contributed by atoms with van der Waals surface area (Å²) in [5.41, 5.74) is 2.69. The normalized spacial score (nSPS) is 29.5. The van der Waals surface area contributed by atoms with Crippen molar-refractivity contribution in [2.75, 3.05) is 19.0 Å². The Kier molecular flexibility index (Phi) is 2.09. The van der Waals surface area contributed by atoms with Gasteiger partial charge in [-0.25, -0.2) is 0 Å². The first kappa shape index (κ1) is 11.3. The summed E-state index contributed by atoms with van der Waals surface area (Å²) >= 11 is 0. The molecule has 18 heavy (non-hydrogen) atoms. The summed E-state index contributed by atoms with van der Waals surface area (Å²) in [6, 6.07) is 5.72. The Morgan fingerprint density at radius 3 is 2.72 bits per heavy atom. The smallest absolute Gasteiger partial charge is 0.225 e. The molecular weight excluding hydrogens is 228 g/mol. The fourth-order valence-electron chi connectivity index (χ4n) is 3.54. The van der Waals surface area contributed by atoms with Crippen LogP contribution in [-0.2, 0) is 10.2 Å². The number of hydrogen-bond donors (Lipinski definition) is 0. The zero-order chi connectivity index (χ0) is 13.1. The number of rotatable bonds is 1. The Morgan fingerprint density at radius 1 is 1.33 bits per heavy atom. The molecule has 2 aliphatic heterocycles.